The molecule has 3 heteroatoms. The maximum atomic E-state index is 6.73. The average molecular weight is 681 g/mol. The molecule has 0 bridgehead atoms. The molecular formula is C50H36N2O. The Bertz CT molecular complexity index is 2690. The van der Waals surface area contributed by atoms with Gasteiger partial charge in [0.15, 0.2) is 11.5 Å². The topological polar surface area (TPSA) is 15.7 Å². The summed E-state index contributed by atoms with van der Waals surface area (Å²) in [6.07, 6.45) is 8.79. The van der Waals surface area contributed by atoms with E-state index in [-0.39, 0.29) is 0 Å². The first-order valence-corrected chi connectivity index (χ1v) is 18.3. The number of nitrogens with zero attached hydrogens (tertiary/aromatic N) is 2. The molecule has 0 spiro atoms. The Labute approximate surface area is 310 Å². The number of para-hydroxylation sites is 2. The lowest BCUT2D eigenvalue weighted by molar-refractivity contribution is 0.477. The van der Waals surface area contributed by atoms with Gasteiger partial charge in [0.2, 0.25) is 0 Å². The van der Waals surface area contributed by atoms with Gasteiger partial charge in [0, 0.05) is 28.8 Å². The Morgan fingerprint density at radius 3 is 1.94 bits per heavy atom. The van der Waals surface area contributed by atoms with Gasteiger partial charge in [-0.2, -0.15) is 0 Å². The summed E-state index contributed by atoms with van der Waals surface area (Å²) in [6, 6.07) is 63.1. The first-order valence-electron chi connectivity index (χ1n) is 18.3. The van der Waals surface area contributed by atoms with Crippen LogP contribution in [0.15, 0.2) is 194 Å². The number of hydrogen-bond acceptors (Lipinski definition) is 3. The third kappa shape index (κ3) is 5.64. The normalized spacial score (nSPS) is 13.3. The number of anilines is 6. The minimum Gasteiger partial charge on any atom is -0.453 e. The van der Waals surface area contributed by atoms with Gasteiger partial charge in [-0.1, -0.05) is 127 Å². The second-order valence-electron chi connectivity index (χ2n) is 13.7. The van der Waals surface area contributed by atoms with Crippen molar-refractivity contribution in [3.05, 3.63) is 200 Å². The number of fused-ring (bicyclic) bond motifs is 5. The van der Waals surface area contributed by atoms with Gasteiger partial charge < -0.3 is 14.5 Å². The van der Waals surface area contributed by atoms with Crippen molar-refractivity contribution in [2.24, 2.45) is 0 Å². The molecule has 3 nitrogen and oxygen atoms in total. The molecule has 8 aromatic carbocycles. The fourth-order valence-corrected chi connectivity index (χ4v) is 7.84. The molecule has 0 aromatic heterocycles. The van der Waals surface area contributed by atoms with Crippen LogP contribution in [0.5, 0.6) is 11.5 Å². The molecule has 1 heterocycles. The molecule has 53 heavy (non-hydrogen) atoms. The summed E-state index contributed by atoms with van der Waals surface area (Å²) < 4.78 is 6.73. The van der Waals surface area contributed by atoms with Crippen LogP contribution in [0, 0.1) is 0 Å². The van der Waals surface area contributed by atoms with Crippen LogP contribution in [0.2, 0.25) is 0 Å². The fraction of sp³-hybridized carbons (Fsp3) is 0.0400. The molecular weight excluding hydrogens is 645 g/mol. The molecule has 0 radical (unpaired) electrons. The fourth-order valence-electron chi connectivity index (χ4n) is 7.84. The van der Waals surface area contributed by atoms with E-state index in [0.717, 1.165) is 58.5 Å². The summed E-state index contributed by atoms with van der Waals surface area (Å²) in [5.41, 5.74) is 11.3. The van der Waals surface area contributed by atoms with E-state index in [0.29, 0.717) is 0 Å². The zero-order chi connectivity index (χ0) is 35.1. The smallest absolute Gasteiger partial charge is 0.153 e. The molecule has 252 valence electrons. The van der Waals surface area contributed by atoms with Crippen molar-refractivity contribution in [1.29, 1.82) is 0 Å². The van der Waals surface area contributed by atoms with Gasteiger partial charge in [-0.15, -0.1) is 0 Å². The lowest BCUT2D eigenvalue weighted by atomic mass is 9.97. The number of allylic oxidation sites excluding steroid dienone is 4. The monoisotopic (exact) mass is 680 g/mol. The highest BCUT2D eigenvalue weighted by molar-refractivity contribution is 6.09. The van der Waals surface area contributed by atoms with E-state index in [4.69, 9.17) is 4.74 Å². The van der Waals surface area contributed by atoms with Crippen LogP contribution in [0.3, 0.4) is 0 Å². The first kappa shape index (κ1) is 30.9. The van der Waals surface area contributed by atoms with E-state index >= 15 is 0 Å². The van der Waals surface area contributed by atoms with Gasteiger partial charge in [-0.25, -0.2) is 0 Å². The predicted octanol–water partition coefficient (Wildman–Crippen LogP) is 14.4. The van der Waals surface area contributed by atoms with E-state index in [1.54, 1.807) is 0 Å². The summed E-state index contributed by atoms with van der Waals surface area (Å²) in [7, 11) is 0. The number of benzene rings is 8. The molecule has 10 rings (SSSR count). The summed E-state index contributed by atoms with van der Waals surface area (Å²) in [6.45, 7) is 0. The molecule has 1 aliphatic heterocycles. The van der Waals surface area contributed by atoms with Gasteiger partial charge >= 0.3 is 0 Å². The van der Waals surface area contributed by atoms with Crippen LogP contribution in [0.25, 0.3) is 38.2 Å². The first-order chi connectivity index (χ1) is 26.3. The van der Waals surface area contributed by atoms with Gasteiger partial charge in [0.25, 0.3) is 0 Å². The second-order valence-corrected chi connectivity index (χ2v) is 13.7. The molecule has 0 amide bonds. The maximum Gasteiger partial charge on any atom is 0.153 e. The molecule has 0 atom stereocenters. The Morgan fingerprint density at radius 2 is 1.11 bits per heavy atom. The standard InChI is InChI=1S/C50H36N2O/c1-3-11-35(12-4-1)37-21-26-41(27-22-37)51(43-30-25-40-20-19-39-15-7-8-16-45(39)46(40)33-43)44-31-32-48-50(34-44)53-49-18-10-9-17-47(49)52(48)42-28-23-38(24-29-42)36-13-5-2-6-14-36/h1-5,7-13,15-34H,6,14H2. The van der Waals surface area contributed by atoms with E-state index in [1.165, 1.54) is 43.8 Å². The van der Waals surface area contributed by atoms with Crippen molar-refractivity contribution in [3.8, 4) is 22.6 Å². The molecule has 0 N–H and O–H groups in total. The second kappa shape index (κ2) is 13.0. The molecule has 0 fully saturated rings. The Hall–Kier alpha value is -6.84. The Morgan fingerprint density at radius 1 is 0.472 bits per heavy atom. The Balaban J connectivity index is 1.10. The minimum absolute atomic E-state index is 0.808. The van der Waals surface area contributed by atoms with Crippen molar-refractivity contribution >= 4 is 61.2 Å². The third-order valence-corrected chi connectivity index (χ3v) is 10.5. The summed E-state index contributed by atoms with van der Waals surface area (Å²) in [5, 5.41) is 4.92. The predicted molar refractivity (Wildman–Crippen MR) is 223 cm³/mol. The molecule has 0 unspecified atom stereocenters. The van der Waals surface area contributed by atoms with E-state index in [2.05, 4.69) is 198 Å². The molecule has 0 saturated carbocycles. The maximum absolute atomic E-state index is 6.73. The number of hydrogen-bond donors (Lipinski definition) is 0. The lowest BCUT2D eigenvalue weighted by Crippen LogP contribution is -2.17. The molecule has 2 aliphatic rings. The average Bonchev–Trinajstić information content (AvgIpc) is 3.24. The summed E-state index contributed by atoms with van der Waals surface area (Å²) >= 11 is 0. The van der Waals surface area contributed by atoms with Crippen LogP contribution in [-0.2, 0) is 0 Å². The van der Waals surface area contributed by atoms with Crippen LogP contribution in [0.1, 0.15) is 18.4 Å². The van der Waals surface area contributed by atoms with E-state index in [1.807, 2.05) is 6.07 Å². The van der Waals surface area contributed by atoms with Gasteiger partial charge in [-0.3, -0.25) is 0 Å². The zero-order valence-electron chi connectivity index (χ0n) is 29.2. The SMILES string of the molecule is C1=CCCC(c2ccc(N3c4ccccc4Oc4cc(N(c5ccc(-c6ccccc6)cc5)c5ccc6ccc7ccccc7c6c5)ccc43)cc2)=C1. The number of rotatable bonds is 6. The highest BCUT2D eigenvalue weighted by atomic mass is 16.5. The highest BCUT2D eigenvalue weighted by Gasteiger charge is 2.27. The number of ether oxygens (including phenoxy) is 1. The Kier molecular flexibility index (Phi) is 7.62. The van der Waals surface area contributed by atoms with Crippen LogP contribution < -0.4 is 14.5 Å². The third-order valence-electron chi connectivity index (χ3n) is 10.5. The van der Waals surface area contributed by atoms with Crippen molar-refractivity contribution in [3.63, 3.8) is 0 Å². The molecule has 1 aliphatic carbocycles. The van der Waals surface area contributed by atoms with Crippen LogP contribution in [0.4, 0.5) is 34.1 Å². The summed E-state index contributed by atoms with van der Waals surface area (Å²) in [4.78, 5) is 4.66. The van der Waals surface area contributed by atoms with Crippen LogP contribution in [-0.4, -0.2) is 0 Å². The van der Waals surface area contributed by atoms with Crippen molar-refractivity contribution in [1.82, 2.24) is 0 Å². The highest BCUT2D eigenvalue weighted by Crippen LogP contribution is 2.52. The zero-order valence-corrected chi connectivity index (χ0v) is 29.2. The van der Waals surface area contributed by atoms with E-state index < -0.39 is 0 Å². The van der Waals surface area contributed by atoms with Gasteiger partial charge in [-0.05, 0) is 117 Å². The van der Waals surface area contributed by atoms with Crippen molar-refractivity contribution in [2.75, 3.05) is 9.80 Å². The quantitative estimate of drug-likeness (QED) is 0.163. The molecule has 0 saturated heterocycles. The van der Waals surface area contributed by atoms with Crippen molar-refractivity contribution < 1.29 is 4.74 Å². The van der Waals surface area contributed by atoms with Crippen molar-refractivity contribution in [2.45, 2.75) is 12.8 Å². The summed E-state index contributed by atoms with van der Waals surface area (Å²) in [5.74, 6) is 1.64. The van der Waals surface area contributed by atoms with Gasteiger partial charge in [0.05, 0.1) is 11.4 Å². The minimum atomic E-state index is 0.808. The van der Waals surface area contributed by atoms with E-state index in [9.17, 15) is 0 Å². The van der Waals surface area contributed by atoms with Gasteiger partial charge in [0.1, 0.15) is 0 Å². The largest absolute Gasteiger partial charge is 0.453 e. The van der Waals surface area contributed by atoms with Crippen LogP contribution >= 0.6 is 0 Å². The lowest BCUT2D eigenvalue weighted by Gasteiger charge is -2.34. The molecule has 8 aromatic rings.